The van der Waals surface area contributed by atoms with Crippen LogP contribution in [-0.2, 0) is 10.0 Å². The fourth-order valence-electron chi connectivity index (χ4n) is 2.89. The molecule has 1 unspecified atom stereocenters. The number of sulfonamides is 1. The molecule has 1 aliphatic heterocycles. The number of rotatable bonds is 4. The van der Waals surface area contributed by atoms with E-state index < -0.39 is 10.0 Å². The first-order valence-corrected chi connectivity index (χ1v) is 8.90. The van der Waals surface area contributed by atoms with E-state index in [2.05, 4.69) is 0 Å². The molecule has 0 bridgehead atoms. The van der Waals surface area contributed by atoms with E-state index in [-0.39, 0.29) is 16.6 Å². The van der Waals surface area contributed by atoms with Gasteiger partial charge in [0.05, 0.1) is 12.8 Å². The second-order valence-electron chi connectivity index (χ2n) is 5.43. The molecular weight excluding hydrogens is 288 g/mol. The van der Waals surface area contributed by atoms with E-state index >= 15 is 0 Å². The minimum absolute atomic E-state index is 0.0685. The molecule has 1 fully saturated rings. The fraction of sp³-hybridized carbons (Fsp3) is 0.600. The Bertz CT molecular complexity index is 587. The molecule has 0 saturated carbocycles. The first-order valence-electron chi connectivity index (χ1n) is 7.46. The lowest BCUT2D eigenvalue weighted by Crippen LogP contribution is -2.39. The predicted octanol–water partition coefficient (Wildman–Crippen LogP) is 2.62. The fourth-order valence-corrected chi connectivity index (χ4v) is 4.76. The summed E-state index contributed by atoms with van der Waals surface area (Å²) in [5.41, 5.74) is 6.17. The third-order valence-corrected chi connectivity index (χ3v) is 6.12. The van der Waals surface area contributed by atoms with Crippen molar-refractivity contribution in [2.75, 3.05) is 19.4 Å². The van der Waals surface area contributed by atoms with Crippen LogP contribution in [0.4, 0.5) is 5.69 Å². The minimum Gasteiger partial charge on any atom is -0.497 e. The van der Waals surface area contributed by atoms with Crippen LogP contribution >= 0.6 is 0 Å². The minimum atomic E-state index is -3.55. The summed E-state index contributed by atoms with van der Waals surface area (Å²) >= 11 is 0. The average Bonchev–Trinajstić information content (AvgIpc) is 2.72. The summed E-state index contributed by atoms with van der Waals surface area (Å²) in [5.74, 6) is 0.564. The summed E-state index contributed by atoms with van der Waals surface area (Å²) in [7, 11) is -2.02. The Kier molecular flexibility index (Phi) is 5.11. The summed E-state index contributed by atoms with van der Waals surface area (Å²) in [5, 5.41) is 0. The standard InChI is InChI=1S/C15H24N2O3S/c1-3-12-7-5-4-6-10-17(12)21(18,19)15-9-8-13(20-2)11-14(15)16/h8-9,11-12H,3-7,10,16H2,1-2H3. The van der Waals surface area contributed by atoms with Crippen molar-refractivity contribution in [3.05, 3.63) is 18.2 Å². The molecule has 1 atom stereocenters. The summed E-state index contributed by atoms with van der Waals surface area (Å²) in [4.78, 5) is 0.184. The third-order valence-electron chi connectivity index (χ3n) is 4.10. The monoisotopic (exact) mass is 312 g/mol. The molecule has 0 aromatic heterocycles. The van der Waals surface area contributed by atoms with Gasteiger partial charge in [-0.3, -0.25) is 0 Å². The molecule has 1 aromatic carbocycles. The van der Waals surface area contributed by atoms with Crippen molar-refractivity contribution in [2.24, 2.45) is 0 Å². The Morgan fingerprint density at radius 3 is 2.71 bits per heavy atom. The number of nitrogens with two attached hydrogens (primary N) is 1. The summed E-state index contributed by atoms with van der Waals surface area (Å²) in [6, 6.07) is 4.81. The molecule has 6 heteroatoms. The molecule has 0 spiro atoms. The predicted molar refractivity (Wildman–Crippen MR) is 83.8 cm³/mol. The van der Waals surface area contributed by atoms with E-state index in [1.165, 1.54) is 7.11 Å². The Labute approximate surface area is 127 Å². The van der Waals surface area contributed by atoms with Crippen LogP contribution in [0, 0.1) is 0 Å². The number of benzene rings is 1. The second kappa shape index (κ2) is 6.66. The van der Waals surface area contributed by atoms with E-state index in [0.717, 1.165) is 32.1 Å². The van der Waals surface area contributed by atoms with Crippen molar-refractivity contribution in [1.82, 2.24) is 4.31 Å². The van der Waals surface area contributed by atoms with Gasteiger partial charge in [0.2, 0.25) is 10.0 Å². The Morgan fingerprint density at radius 2 is 2.10 bits per heavy atom. The highest BCUT2D eigenvalue weighted by Gasteiger charge is 2.32. The zero-order valence-corrected chi connectivity index (χ0v) is 13.5. The van der Waals surface area contributed by atoms with E-state index in [4.69, 9.17) is 10.5 Å². The van der Waals surface area contributed by atoms with Crippen LogP contribution in [0.2, 0.25) is 0 Å². The average molecular weight is 312 g/mol. The lowest BCUT2D eigenvalue weighted by molar-refractivity contribution is 0.315. The first-order chi connectivity index (χ1) is 10.0. The van der Waals surface area contributed by atoms with Gasteiger partial charge in [-0.05, 0) is 31.4 Å². The van der Waals surface area contributed by atoms with Gasteiger partial charge < -0.3 is 10.5 Å². The lowest BCUT2D eigenvalue weighted by Gasteiger charge is -2.28. The van der Waals surface area contributed by atoms with Gasteiger partial charge in [-0.25, -0.2) is 8.42 Å². The topological polar surface area (TPSA) is 72.6 Å². The maximum Gasteiger partial charge on any atom is 0.245 e. The molecule has 0 radical (unpaired) electrons. The molecule has 1 aromatic rings. The molecule has 1 saturated heterocycles. The first kappa shape index (κ1) is 16.1. The molecule has 2 rings (SSSR count). The normalized spacial score (nSPS) is 21.0. The Morgan fingerprint density at radius 1 is 1.33 bits per heavy atom. The van der Waals surface area contributed by atoms with Crippen molar-refractivity contribution < 1.29 is 13.2 Å². The third kappa shape index (κ3) is 3.32. The van der Waals surface area contributed by atoms with Gasteiger partial charge in [0.15, 0.2) is 0 Å². The van der Waals surface area contributed by atoms with E-state index in [1.807, 2.05) is 6.92 Å². The van der Waals surface area contributed by atoms with Gasteiger partial charge in [0.1, 0.15) is 10.6 Å². The number of nitrogens with zero attached hydrogens (tertiary/aromatic N) is 1. The van der Waals surface area contributed by atoms with Crippen molar-refractivity contribution in [2.45, 2.75) is 50.0 Å². The molecule has 0 amide bonds. The van der Waals surface area contributed by atoms with Crippen LogP contribution in [0.15, 0.2) is 23.1 Å². The number of anilines is 1. The molecule has 0 aliphatic carbocycles. The van der Waals surface area contributed by atoms with Crippen molar-refractivity contribution in [3.63, 3.8) is 0 Å². The van der Waals surface area contributed by atoms with Crippen LogP contribution in [-0.4, -0.2) is 32.4 Å². The van der Waals surface area contributed by atoms with Gasteiger partial charge in [-0.2, -0.15) is 4.31 Å². The quantitative estimate of drug-likeness (QED) is 0.867. The van der Waals surface area contributed by atoms with Gasteiger partial charge in [0, 0.05) is 18.7 Å². The van der Waals surface area contributed by atoms with Gasteiger partial charge in [-0.1, -0.05) is 19.8 Å². The van der Waals surface area contributed by atoms with Crippen LogP contribution in [0.3, 0.4) is 0 Å². The van der Waals surface area contributed by atoms with Gasteiger partial charge in [-0.15, -0.1) is 0 Å². The maximum atomic E-state index is 12.9. The van der Waals surface area contributed by atoms with Crippen molar-refractivity contribution in [1.29, 1.82) is 0 Å². The SMILES string of the molecule is CCC1CCCCCN1S(=O)(=O)c1ccc(OC)cc1N. The van der Waals surface area contributed by atoms with E-state index in [0.29, 0.717) is 12.3 Å². The van der Waals surface area contributed by atoms with Crippen LogP contribution < -0.4 is 10.5 Å². The molecular formula is C15H24N2O3S. The zero-order valence-electron chi connectivity index (χ0n) is 12.7. The van der Waals surface area contributed by atoms with Crippen molar-refractivity contribution >= 4 is 15.7 Å². The summed E-state index contributed by atoms with van der Waals surface area (Å²) in [6.07, 6.45) is 4.83. The molecule has 5 nitrogen and oxygen atoms in total. The van der Waals surface area contributed by atoms with Gasteiger partial charge >= 0.3 is 0 Å². The molecule has 2 N–H and O–H groups in total. The smallest absolute Gasteiger partial charge is 0.245 e. The summed E-state index contributed by atoms with van der Waals surface area (Å²) in [6.45, 7) is 2.61. The highest BCUT2D eigenvalue weighted by atomic mass is 32.2. The van der Waals surface area contributed by atoms with Crippen LogP contribution in [0.25, 0.3) is 0 Å². The maximum absolute atomic E-state index is 12.9. The van der Waals surface area contributed by atoms with E-state index in [9.17, 15) is 8.42 Å². The number of nitrogen functional groups attached to an aromatic ring is 1. The highest BCUT2D eigenvalue weighted by Crippen LogP contribution is 2.30. The summed E-state index contributed by atoms with van der Waals surface area (Å²) < 4.78 is 32.6. The molecule has 1 heterocycles. The second-order valence-corrected chi connectivity index (χ2v) is 7.29. The van der Waals surface area contributed by atoms with Crippen molar-refractivity contribution in [3.8, 4) is 5.75 Å². The van der Waals surface area contributed by atoms with Crippen LogP contribution in [0.1, 0.15) is 39.0 Å². The number of hydrogen-bond donors (Lipinski definition) is 1. The molecule has 21 heavy (non-hydrogen) atoms. The molecule has 1 aliphatic rings. The Balaban J connectivity index is 2.39. The largest absolute Gasteiger partial charge is 0.497 e. The molecule has 118 valence electrons. The van der Waals surface area contributed by atoms with E-state index in [1.54, 1.807) is 22.5 Å². The van der Waals surface area contributed by atoms with Crippen LogP contribution in [0.5, 0.6) is 5.75 Å². The Hall–Kier alpha value is -1.27. The lowest BCUT2D eigenvalue weighted by atomic mass is 10.1. The zero-order chi connectivity index (χ0) is 15.5. The highest BCUT2D eigenvalue weighted by molar-refractivity contribution is 7.89. The number of hydrogen-bond acceptors (Lipinski definition) is 4. The van der Waals surface area contributed by atoms with Gasteiger partial charge in [0.25, 0.3) is 0 Å². The number of methoxy groups -OCH3 is 1. The number of ether oxygens (including phenoxy) is 1.